The van der Waals surface area contributed by atoms with Crippen molar-refractivity contribution in [3.05, 3.63) is 41.1 Å². The van der Waals surface area contributed by atoms with Crippen LogP contribution in [-0.2, 0) is 16.1 Å². The second-order valence-electron chi connectivity index (χ2n) is 8.57. The molecule has 0 saturated heterocycles. The number of hydrogen-bond acceptors (Lipinski definition) is 5. The van der Waals surface area contributed by atoms with Gasteiger partial charge in [-0.1, -0.05) is 43.2 Å². The van der Waals surface area contributed by atoms with Gasteiger partial charge in [-0.2, -0.15) is 5.26 Å². The van der Waals surface area contributed by atoms with Gasteiger partial charge >= 0.3 is 0 Å². The molecule has 1 N–H and O–H groups in total. The molecule has 174 valence electrons. The van der Waals surface area contributed by atoms with Gasteiger partial charge in [0, 0.05) is 25.4 Å². The van der Waals surface area contributed by atoms with Gasteiger partial charge in [0.25, 0.3) is 0 Å². The van der Waals surface area contributed by atoms with Crippen LogP contribution in [0.15, 0.2) is 29.4 Å². The van der Waals surface area contributed by atoms with Crippen molar-refractivity contribution in [1.29, 1.82) is 5.26 Å². The Hall–Kier alpha value is -2.76. The van der Waals surface area contributed by atoms with Crippen molar-refractivity contribution in [2.75, 3.05) is 24.8 Å². The largest absolute Gasteiger partial charge is 0.383 e. The van der Waals surface area contributed by atoms with Gasteiger partial charge in [-0.15, -0.1) is 0 Å². The summed E-state index contributed by atoms with van der Waals surface area (Å²) in [4.78, 5) is 17.8. The zero-order chi connectivity index (χ0) is 23.4. The van der Waals surface area contributed by atoms with Crippen LogP contribution in [0.4, 0.5) is 5.82 Å². The summed E-state index contributed by atoms with van der Waals surface area (Å²) in [7, 11) is 1.68. The van der Waals surface area contributed by atoms with Crippen molar-refractivity contribution in [2.45, 2.75) is 63.7 Å². The molecule has 1 saturated carbocycles. The molecule has 2 heterocycles. The van der Waals surface area contributed by atoms with Crippen LogP contribution in [0.25, 0.3) is 11.0 Å². The fraction of sp³-hybridized carbons (Fsp3) is 0.480. The number of amides is 1. The predicted molar refractivity (Wildman–Crippen MR) is 132 cm³/mol. The van der Waals surface area contributed by atoms with Crippen LogP contribution in [0, 0.1) is 25.2 Å². The second kappa shape index (κ2) is 10.4. The molecule has 0 unspecified atom stereocenters. The maximum Gasteiger partial charge on any atom is 0.235 e. The Morgan fingerprint density at radius 1 is 1.27 bits per heavy atom. The second-order valence-corrected chi connectivity index (χ2v) is 9.51. The molecule has 8 heteroatoms. The number of carbonyl (C=O) groups excluding carboxylic acids is 1. The van der Waals surface area contributed by atoms with Crippen molar-refractivity contribution in [3.63, 3.8) is 0 Å². The number of nitrogens with one attached hydrogen (secondary N) is 1. The first-order valence-electron chi connectivity index (χ1n) is 11.5. The fourth-order valence-electron chi connectivity index (χ4n) is 4.74. The normalized spacial score (nSPS) is 14.5. The molecule has 1 fully saturated rings. The summed E-state index contributed by atoms with van der Waals surface area (Å²) < 4.78 is 9.55. The summed E-state index contributed by atoms with van der Waals surface area (Å²) in [6, 6.07) is 10.6. The highest BCUT2D eigenvalue weighted by molar-refractivity contribution is 7.99. The number of anilines is 1. The summed E-state index contributed by atoms with van der Waals surface area (Å²) in [5.74, 6) is 0.740. The number of thioether (sulfide) groups is 1. The lowest BCUT2D eigenvalue weighted by molar-refractivity contribution is -0.113. The van der Waals surface area contributed by atoms with Crippen molar-refractivity contribution in [2.24, 2.45) is 0 Å². The number of aromatic nitrogens is 3. The lowest BCUT2D eigenvalue weighted by atomic mass is 9.95. The molecule has 2 aromatic heterocycles. The van der Waals surface area contributed by atoms with Gasteiger partial charge in [-0.25, -0.2) is 4.98 Å². The first-order valence-corrected chi connectivity index (χ1v) is 12.5. The highest BCUT2D eigenvalue weighted by Crippen LogP contribution is 2.37. The average molecular weight is 466 g/mol. The van der Waals surface area contributed by atoms with Crippen molar-refractivity contribution >= 4 is 34.5 Å². The lowest BCUT2D eigenvalue weighted by Crippen LogP contribution is -2.22. The Morgan fingerprint density at radius 2 is 2.03 bits per heavy atom. The zero-order valence-corrected chi connectivity index (χ0v) is 20.4. The van der Waals surface area contributed by atoms with Crippen LogP contribution in [0.5, 0.6) is 0 Å². The molecule has 1 aromatic carbocycles. The SMILES string of the molecule is COCCn1c(SCC(=O)Nc2c(C#N)c(C)c(C)n2C2CCCCC2)nc2ccccc21. The summed E-state index contributed by atoms with van der Waals surface area (Å²) in [5.41, 5.74) is 4.53. The Labute approximate surface area is 199 Å². The first-order chi connectivity index (χ1) is 16.0. The number of methoxy groups -OCH3 is 1. The van der Waals surface area contributed by atoms with E-state index in [2.05, 4.69) is 20.5 Å². The highest BCUT2D eigenvalue weighted by Gasteiger charge is 2.26. The monoisotopic (exact) mass is 465 g/mol. The molecular weight excluding hydrogens is 434 g/mol. The van der Waals surface area contributed by atoms with Gasteiger partial charge < -0.3 is 19.2 Å². The molecule has 0 spiro atoms. The van der Waals surface area contributed by atoms with E-state index >= 15 is 0 Å². The molecule has 1 amide bonds. The van der Waals surface area contributed by atoms with Crippen LogP contribution in [0.3, 0.4) is 0 Å². The van der Waals surface area contributed by atoms with Crippen LogP contribution in [0.1, 0.15) is 55.0 Å². The van der Waals surface area contributed by atoms with E-state index in [0.29, 0.717) is 30.6 Å². The van der Waals surface area contributed by atoms with Gasteiger partial charge in [-0.3, -0.25) is 4.79 Å². The minimum atomic E-state index is -0.128. The predicted octanol–water partition coefficient (Wildman–Crippen LogP) is 5.21. The van der Waals surface area contributed by atoms with Gasteiger partial charge in [0.1, 0.15) is 11.9 Å². The van der Waals surface area contributed by atoms with E-state index in [0.717, 1.165) is 40.3 Å². The summed E-state index contributed by atoms with van der Waals surface area (Å²) >= 11 is 1.41. The van der Waals surface area contributed by atoms with Crippen LogP contribution in [0.2, 0.25) is 0 Å². The molecule has 0 aliphatic heterocycles. The van der Waals surface area contributed by atoms with E-state index in [1.165, 1.54) is 31.0 Å². The smallest absolute Gasteiger partial charge is 0.235 e. The number of nitriles is 1. The van der Waals surface area contributed by atoms with E-state index in [4.69, 9.17) is 9.72 Å². The third kappa shape index (κ3) is 4.80. The number of hydrogen-bond donors (Lipinski definition) is 1. The minimum Gasteiger partial charge on any atom is -0.383 e. The van der Waals surface area contributed by atoms with E-state index in [1.807, 2.05) is 38.1 Å². The Balaban J connectivity index is 1.54. The van der Waals surface area contributed by atoms with Gasteiger partial charge in [-0.05, 0) is 44.4 Å². The van der Waals surface area contributed by atoms with Crippen molar-refractivity contribution < 1.29 is 9.53 Å². The summed E-state index contributed by atoms with van der Waals surface area (Å²) in [6.45, 7) is 5.25. The number of rotatable bonds is 8. The van der Waals surface area contributed by atoms with Gasteiger partial charge in [0.15, 0.2) is 5.16 Å². The first kappa shape index (κ1) is 23.4. The quantitative estimate of drug-likeness (QED) is 0.462. The topological polar surface area (TPSA) is 84.9 Å². The maximum atomic E-state index is 13.0. The Morgan fingerprint density at radius 3 is 2.76 bits per heavy atom. The summed E-state index contributed by atoms with van der Waals surface area (Å²) in [6.07, 6.45) is 5.79. The molecule has 0 bridgehead atoms. The molecule has 0 atom stereocenters. The van der Waals surface area contributed by atoms with Gasteiger partial charge in [0.05, 0.1) is 29.0 Å². The fourth-order valence-corrected chi connectivity index (χ4v) is 5.58. The third-order valence-electron chi connectivity index (χ3n) is 6.54. The number of ether oxygens (including phenoxy) is 1. The zero-order valence-electron chi connectivity index (χ0n) is 19.6. The molecular formula is C25H31N5O2S. The average Bonchev–Trinajstić information content (AvgIpc) is 3.30. The van der Waals surface area contributed by atoms with Crippen molar-refractivity contribution in [3.8, 4) is 6.07 Å². The molecule has 1 aliphatic carbocycles. The molecule has 3 aromatic rings. The summed E-state index contributed by atoms with van der Waals surface area (Å²) in [5, 5.41) is 13.7. The molecule has 0 radical (unpaired) electrons. The van der Waals surface area contributed by atoms with Crippen molar-refractivity contribution in [1.82, 2.24) is 14.1 Å². The number of imidazole rings is 1. The van der Waals surface area contributed by atoms with Gasteiger partial charge in [0.2, 0.25) is 5.91 Å². The van der Waals surface area contributed by atoms with Crippen LogP contribution < -0.4 is 5.32 Å². The standard InChI is InChI=1S/C25H31N5O2S/c1-17-18(2)30(19-9-5-4-6-10-19)24(20(17)15-26)28-23(31)16-33-25-27-21-11-7-8-12-22(21)29(25)13-14-32-3/h7-8,11-12,19H,4-6,9-10,13-14,16H2,1-3H3,(H,28,31). The third-order valence-corrected chi connectivity index (χ3v) is 7.51. The van der Waals surface area contributed by atoms with Crippen LogP contribution >= 0.6 is 11.8 Å². The van der Waals surface area contributed by atoms with E-state index in [1.54, 1.807) is 7.11 Å². The number of benzene rings is 1. The molecule has 33 heavy (non-hydrogen) atoms. The lowest BCUT2D eigenvalue weighted by Gasteiger charge is -2.27. The number of nitrogens with zero attached hydrogens (tertiary/aromatic N) is 4. The van der Waals surface area contributed by atoms with E-state index < -0.39 is 0 Å². The highest BCUT2D eigenvalue weighted by atomic mass is 32.2. The Bertz CT molecular complexity index is 1180. The van der Waals surface area contributed by atoms with E-state index in [9.17, 15) is 10.1 Å². The molecule has 7 nitrogen and oxygen atoms in total. The van der Waals surface area contributed by atoms with E-state index in [-0.39, 0.29) is 11.7 Å². The Kier molecular flexibility index (Phi) is 7.41. The minimum absolute atomic E-state index is 0.128. The number of fused-ring (bicyclic) bond motifs is 1. The number of carbonyl (C=O) groups is 1. The molecule has 1 aliphatic rings. The maximum absolute atomic E-state index is 13.0. The molecule has 4 rings (SSSR count). The van der Waals surface area contributed by atoms with Crippen LogP contribution in [-0.4, -0.2) is 39.5 Å². The number of para-hydroxylation sites is 2.